The van der Waals surface area contributed by atoms with Crippen molar-refractivity contribution in [2.75, 3.05) is 11.9 Å². The fourth-order valence-corrected chi connectivity index (χ4v) is 9.93. The maximum Gasteiger partial charge on any atom is 0.341 e. The summed E-state index contributed by atoms with van der Waals surface area (Å²) in [7, 11) is 0. The molecule has 4 saturated carbocycles. The van der Waals surface area contributed by atoms with Crippen LogP contribution in [0.3, 0.4) is 0 Å². The van der Waals surface area contributed by atoms with Gasteiger partial charge < -0.3 is 10.1 Å². The lowest BCUT2D eigenvalue weighted by Gasteiger charge is -2.60. The Hall–Kier alpha value is -0.880. The van der Waals surface area contributed by atoms with Gasteiger partial charge in [0.15, 0.2) is 0 Å². The van der Waals surface area contributed by atoms with Gasteiger partial charge in [-0.15, -0.1) is 11.3 Å². The number of amides is 1. The Labute approximate surface area is 185 Å². The third-order valence-corrected chi connectivity index (χ3v) is 9.69. The van der Waals surface area contributed by atoms with Gasteiger partial charge in [-0.3, -0.25) is 4.79 Å². The summed E-state index contributed by atoms with van der Waals surface area (Å²) in [5.41, 5.74) is 1.88. The number of thiophene rings is 1. The van der Waals surface area contributed by atoms with Crippen molar-refractivity contribution in [1.29, 1.82) is 0 Å². The van der Waals surface area contributed by atoms with Crippen LogP contribution >= 0.6 is 27.3 Å². The first-order valence-electron chi connectivity index (χ1n) is 11.2. The quantitative estimate of drug-likeness (QED) is 0.424. The second-order valence-electron chi connectivity index (χ2n) is 9.97. The zero-order chi connectivity index (χ0) is 20.2. The lowest BCUT2D eigenvalue weighted by Crippen LogP contribution is -2.53. The first kappa shape index (κ1) is 20.0. The SMILES string of the molecule is CCOC(=O)c1c(NC(=O)CC23C[C@@H]4C[C@H](CC(Br)(C4)C2)C3)sc2c1CCCC2. The number of aryl methyl sites for hydroxylation is 1. The van der Waals surface area contributed by atoms with E-state index in [1.54, 1.807) is 11.3 Å². The molecule has 29 heavy (non-hydrogen) atoms. The van der Waals surface area contributed by atoms with Gasteiger partial charge in [-0.05, 0) is 93.9 Å². The minimum atomic E-state index is -0.281. The molecule has 0 aliphatic heterocycles. The van der Waals surface area contributed by atoms with Crippen molar-refractivity contribution in [2.45, 2.75) is 81.9 Å². The molecule has 1 heterocycles. The zero-order valence-corrected chi connectivity index (χ0v) is 19.6. The molecule has 0 spiro atoms. The van der Waals surface area contributed by atoms with Crippen LogP contribution in [-0.2, 0) is 22.4 Å². The molecule has 0 radical (unpaired) electrons. The summed E-state index contributed by atoms with van der Waals surface area (Å²) in [6, 6.07) is 0. The number of fused-ring (bicyclic) bond motifs is 1. The number of carbonyl (C=O) groups excluding carboxylic acids is 2. The topological polar surface area (TPSA) is 55.4 Å². The Morgan fingerprint density at radius 1 is 1.17 bits per heavy atom. The highest BCUT2D eigenvalue weighted by Crippen LogP contribution is 2.65. The number of anilines is 1. The molecule has 1 amide bonds. The average molecular weight is 480 g/mol. The summed E-state index contributed by atoms with van der Waals surface area (Å²) in [6.07, 6.45) is 12.1. The highest BCUT2D eigenvalue weighted by molar-refractivity contribution is 9.10. The summed E-state index contributed by atoms with van der Waals surface area (Å²) in [5, 5.41) is 3.88. The van der Waals surface area contributed by atoms with E-state index >= 15 is 0 Å². The molecule has 0 saturated heterocycles. The van der Waals surface area contributed by atoms with Gasteiger partial charge in [-0.2, -0.15) is 0 Å². The minimum Gasteiger partial charge on any atom is -0.462 e. The molecule has 6 rings (SSSR count). The van der Waals surface area contributed by atoms with E-state index in [0.717, 1.165) is 54.5 Å². The van der Waals surface area contributed by atoms with Gasteiger partial charge in [0.05, 0.1) is 12.2 Å². The fraction of sp³-hybridized carbons (Fsp3) is 0.739. The molecule has 1 aromatic rings. The fourth-order valence-electron chi connectivity index (χ4n) is 7.13. The Morgan fingerprint density at radius 2 is 1.90 bits per heavy atom. The number of hydrogen-bond acceptors (Lipinski definition) is 4. The molecule has 1 N–H and O–H groups in total. The normalized spacial score (nSPS) is 34.7. The van der Waals surface area contributed by atoms with Crippen molar-refractivity contribution in [3.05, 3.63) is 16.0 Å². The van der Waals surface area contributed by atoms with E-state index < -0.39 is 0 Å². The molecule has 5 aliphatic carbocycles. The van der Waals surface area contributed by atoms with E-state index in [0.29, 0.717) is 18.6 Å². The van der Waals surface area contributed by atoms with E-state index in [9.17, 15) is 9.59 Å². The van der Waals surface area contributed by atoms with Crippen LogP contribution in [0.5, 0.6) is 0 Å². The van der Waals surface area contributed by atoms with E-state index in [-0.39, 0.29) is 21.6 Å². The standard InChI is InChI=1S/C23H30BrNO3S/c1-2-28-21(27)19-16-5-3-4-6-17(16)29-20(19)25-18(26)12-22-8-14-7-15(9-22)11-23(24,10-14)13-22/h14-15H,2-13H2,1H3,(H,25,26)/t14-,15-,22?,23?/m0/s1. The van der Waals surface area contributed by atoms with Crippen molar-refractivity contribution in [3.8, 4) is 0 Å². The van der Waals surface area contributed by atoms with Crippen LogP contribution in [0.25, 0.3) is 0 Å². The van der Waals surface area contributed by atoms with Crippen molar-refractivity contribution < 1.29 is 14.3 Å². The number of rotatable bonds is 5. The highest BCUT2D eigenvalue weighted by Gasteiger charge is 2.57. The van der Waals surface area contributed by atoms with Gasteiger partial charge in [-0.25, -0.2) is 4.79 Å². The van der Waals surface area contributed by atoms with Gasteiger partial charge >= 0.3 is 5.97 Å². The Kier molecular flexibility index (Phi) is 5.09. The second-order valence-corrected chi connectivity index (χ2v) is 12.8. The molecular weight excluding hydrogens is 450 g/mol. The smallest absolute Gasteiger partial charge is 0.341 e. The Morgan fingerprint density at radius 3 is 2.59 bits per heavy atom. The predicted octanol–water partition coefficient (Wildman–Crippen LogP) is 5.87. The first-order valence-corrected chi connectivity index (χ1v) is 12.8. The minimum absolute atomic E-state index is 0.0761. The Bertz CT molecular complexity index is 833. The van der Waals surface area contributed by atoms with Crippen LogP contribution in [0.4, 0.5) is 5.00 Å². The van der Waals surface area contributed by atoms with Crippen molar-refractivity contribution in [2.24, 2.45) is 17.3 Å². The van der Waals surface area contributed by atoms with Crippen LogP contribution in [-0.4, -0.2) is 22.8 Å². The molecule has 2 atom stereocenters. The number of nitrogens with one attached hydrogen (secondary N) is 1. The maximum atomic E-state index is 13.2. The molecule has 0 unspecified atom stereocenters. The van der Waals surface area contributed by atoms with Crippen molar-refractivity contribution >= 4 is 44.1 Å². The molecule has 0 aromatic carbocycles. The van der Waals surface area contributed by atoms with Crippen molar-refractivity contribution in [1.82, 2.24) is 0 Å². The lowest BCUT2D eigenvalue weighted by atomic mass is 9.48. The summed E-state index contributed by atoms with van der Waals surface area (Å²) < 4.78 is 5.59. The van der Waals surface area contributed by atoms with Gasteiger partial charge in [-0.1, -0.05) is 15.9 Å². The third-order valence-electron chi connectivity index (χ3n) is 7.55. The monoisotopic (exact) mass is 479 g/mol. The third kappa shape index (κ3) is 3.69. The highest BCUT2D eigenvalue weighted by atomic mass is 79.9. The predicted molar refractivity (Wildman–Crippen MR) is 119 cm³/mol. The zero-order valence-electron chi connectivity index (χ0n) is 17.2. The summed E-state index contributed by atoms with van der Waals surface area (Å²) in [5.74, 6) is 1.34. The first-order chi connectivity index (χ1) is 13.9. The number of ether oxygens (including phenoxy) is 1. The largest absolute Gasteiger partial charge is 0.462 e. The molecule has 6 heteroatoms. The van der Waals surface area contributed by atoms with Crippen LogP contribution in [0.15, 0.2) is 0 Å². The summed E-state index contributed by atoms with van der Waals surface area (Å²) in [4.78, 5) is 27.1. The molecule has 4 fully saturated rings. The number of carbonyl (C=O) groups is 2. The molecular formula is C23H30BrNO3S. The van der Waals surface area contributed by atoms with Crippen LogP contribution < -0.4 is 5.32 Å². The summed E-state index contributed by atoms with van der Waals surface area (Å²) >= 11 is 5.64. The lowest BCUT2D eigenvalue weighted by molar-refractivity contribution is -0.123. The van der Waals surface area contributed by atoms with E-state index in [2.05, 4.69) is 21.2 Å². The number of esters is 1. The van der Waals surface area contributed by atoms with E-state index in [4.69, 9.17) is 4.74 Å². The molecule has 1 aromatic heterocycles. The molecule has 4 bridgehead atoms. The number of alkyl halides is 1. The number of halogens is 1. The van der Waals surface area contributed by atoms with Gasteiger partial charge in [0.25, 0.3) is 0 Å². The van der Waals surface area contributed by atoms with Crippen LogP contribution in [0.2, 0.25) is 0 Å². The van der Waals surface area contributed by atoms with E-state index in [1.807, 2.05) is 6.92 Å². The van der Waals surface area contributed by atoms with Gasteiger partial charge in [0.2, 0.25) is 5.91 Å². The van der Waals surface area contributed by atoms with Gasteiger partial charge in [0, 0.05) is 15.6 Å². The summed E-state index contributed by atoms with van der Waals surface area (Å²) in [6.45, 7) is 2.19. The van der Waals surface area contributed by atoms with Crippen LogP contribution in [0, 0.1) is 17.3 Å². The number of hydrogen-bond donors (Lipinski definition) is 1. The molecule has 5 aliphatic rings. The van der Waals surface area contributed by atoms with Crippen LogP contribution in [0.1, 0.15) is 85.5 Å². The molecule has 158 valence electrons. The molecule has 4 nitrogen and oxygen atoms in total. The maximum absolute atomic E-state index is 13.2. The van der Waals surface area contributed by atoms with Crippen molar-refractivity contribution in [3.63, 3.8) is 0 Å². The average Bonchev–Trinajstić information content (AvgIpc) is 2.96. The Balaban J connectivity index is 1.36. The van der Waals surface area contributed by atoms with E-state index in [1.165, 1.54) is 37.0 Å². The van der Waals surface area contributed by atoms with Gasteiger partial charge in [0.1, 0.15) is 5.00 Å². The second kappa shape index (κ2) is 7.37.